The highest BCUT2D eigenvalue weighted by Gasteiger charge is 2.28. The zero-order valence-electron chi connectivity index (χ0n) is 14.8. The van der Waals surface area contributed by atoms with E-state index < -0.39 is 0 Å². The molecule has 0 N–H and O–H groups in total. The van der Waals surface area contributed by atoms with Crippen molar-refractivity contribution >= 4 is 23.1 Å². The van der Waals surface area contributed by atoms with Crippen LogP contribution in [-0.4, -0.2) is 29.2 Å². The lowest BCUT2D eigenvalue weighted by Gasteiger charge is -2.23. The summed E-state index contributed by atoms with van der Waals surface area (Å²) in [6.07, 6.45) is 0.981. The van der Waals surface area contributed by atoms with E-state index in [0.29, 0.717) is 11.7 Å². The summed E-state index contributed by atoms with van der Waals surface area (Å²) in [6.45, 7) is 2.17. The van der Waals surface area contributed by atoms with Gasteiger partial charge >= 0.3 is 0 Å². The number of fused-ring (bicyclic) bond motifs is 1. The molecule has 0 bridgehead atoms. The molecule has 1 aliphatic heterocycles. The van der Waals surface area contributed by atoms with Crippen LogP contribution in [0.2, 0.25) is 0 Å². The highest BCUT2D eigenvalue weighted by molar-refractivity contribution is 6.04. The zero-order valence-corrected chi connectivity index (χ0v) is 14.8. The third kappa shape index (κ3) is 2.81. The van der Waals surface area contributed by atoms with Gasteiger partial charge in [0.05, 0.1) is 0 Å². The largest absolute Gasteiger partial charge is 0.321 e. The molecule has 1 aromatic heterocycles. The lowest BCUT2D eigenvalue weighted by atomic mass is 10.1. The van der Waals surface area contributed by atoms with Crippen molar-refractivity contribution in [2.45, 2.75) is 19.4 Å². The lowest BCUT2D eigenvalue weighted by Crippen LogP contribution is -2.28. The predicted molar refractivity (Wildman–Crippen MR) is 103 cm³/mol. The van der Waals surface area contributed by atoms with Crippen molar-refractivity contribution in [3.63, 3.8) is 0 Å². The number of amides is 1. The Morgan fingerprint density at radius 3 is 2.46 bits per heavy atom. The first-order valence-electron chi connectivity index (χ1n) is 8.69. The maximum atomic E-state index is 12.7. The van der Waals surface area contributed by atoms with E-state index in [2.05, 4.69) is 40.2 Å². The topological polar surface area (TPSA) is 49.3 Å². The normalized spacial score (nSPS) is 15.6. The molecule has 0 saturated heterocycles. The van der Waals surface area contributed by atoms with E-state index in [9.17, 15) is 4.79 Å². The van der Waals surface area contributed by atoms with Gasteiger partial charge in [0.25, 0.3) is 5.91 Å². The Morgan fingerprint density at radius 2 is 1.73 bits per heavy atom. The molecule has 1 amide bonds. The monoisotopic (exact) mass is 344 g/mol. The van der Waals surface area contributed by atoms with Gasteiger partial charge in [-0.15, -0.1) is 10.2 Å². The van der Waals surface area contributed by atoms with Gasteiger partial charge in [-0.25, -0.2) is 0 Å². The van der Waals surface area contributed by atoms with Crippen LogP contribution in [0.5, 0.6) is 0 Å². The molecular weight excluding hydrogens is 324 g/mol. The fourth-order valence-electron chi connectivity index (χ4n) is 3.42. The zero-order chi connectivity index (χ0) is 18.1. The number of carbonyl (C=O) groups excluding carboxylic acids is 1. The van der Waals surface area contributed by atoms with Gasteiger partial charge in [-0.05, 0) is 49.2 Å². The maximum Gasteiger partial charge on any atom is 0.278 e. The summed E-state index contributed by atoms with van der Waals surface area (Å²) in [5, 5.41) is 8.53. The van der Waals surface area contributed by atoms with Crippen LogP contribution in [0, 0.1) is 0 Å². The molecule has 1 aliphatic rings. The van der Waals surface area contributed by atoms with Crippen LogP contribution in [0.4, 0.5) is 17.2 Å². The Morgan fingerprint density at radius 1 is 1.00 bits per heavy atom. The molecule has 0 saturated carbocycles. The molecule has 2 aromatic carbocycles. The summed E-state index contributed by atoms with van der Waals surface area (Å²) in [7, 11) is 1.74. The van der Waals surface area contributed by atoms with Gasteiger partial charge in [-0.3, -0.25) is 4.79 Å². The SMILES string of the molecule is CC1Cc2ccccc2N1c1ccc(C(=O)N(C)c2ccccc2)nn1. The van der Waals surface area contributed by atoms with Crippen molar-refractivity contribution in [2.24, 2.45) is 0 Å². The van der Waals surface area contributed by atoms with Crippen LogP contribution in [-0.2, 0) is 6.42 Å². The summed E-state index contributed by atoms with van der Waals surface area (Å²) < 4.78 is 0. The minimum Gasteiger partial charge on any atom is -0.321 e. The minimum absolute atomic E-state index is 0.176. The van der Waals surface area contributed by atoms with Crippen molar-refractivity contribution < 1.29 is 4.79 Å². The number of anilines is 3. The molecule has 0 aliphatic carbocycles. The molecule has 5 heteroatoms. The summed E-state index contributed by atoms with van der Waals surface area (Å²) >= 11 is 0. The number of aromatic nitrogens is 2. The summed E-state index contributed by atoms with van der Waals surface area (Å²) in [4.78, 5) is 16.4. The first-order chi connectivity index (χ1) is 12.6. The molecule has 130 valence electrons. The van der Waals surface area contributed by atoms with Crippen molar-refractivity contribution in [1.82, 2.24) is 10.2 Å². The first kappa shape index (κ1) is 16.3. The third-order valence-electron chi connectivity index (χ3n) is 4.77. The van der Waals surface area contributed by atoms with Crippen molar-refractivity contribution in [3.05, 3.63) is 78.0 Å². The van der Waals surface area contributed by atoms with Crippen molar-refractivity contribution in [1.29, 1.82) is 0 Å². The van der Waals surface area contributed by atoms with Crippen LogP contribution in [0.25, 0.3) is 0 Å². The van der Waals surface area contributed by atoms with E-state index in [4.69, 9.17) is 0 Å². The molecule has 5 nitrogen and oxygen atoms in total. The van der Waals surface area contributed by atoms with E-state index in [1.54, 1.807) is 18.0 Å². The maximum absolute atomic E-state index is 12.7. The molecule has 2 heterocycles. The molecule has 4 rings (SSSR count). The smallest absolute Gasteiger partial charge is 0.278 e. The van der Waals surface area contributed by atoms with Gasteiger partial charge in [0.2, 0.25) is 0 Å². The highest BCUT2D eigenvalue weighted by Crippen LogP contribution is 2.36. The summed E-state index contributed by atoms with van der Waals surface area (Å²) in [6, 6.07) is 21.8. The molecule has 1 atom stereocenters. The average molecular weight is 344 g/mol. The average Bonchev–Trinajstić information content (AvgIpc) is 3.03. The van der Waals surface area contributed by atoms with Gasteiger partial charge in [0.15, 0.2) is 11.5 Å². The Labute approximate surface area is 152 Å². The highest BCUT2D eigenvalue weighted by atomic mass is 16.2. The van der Waals surface area contributed by atoms with Gasteiger partial charge in [-0.2, -0.15) is 0 Å². The second-order valence-electron chi connectivity index (χ2n) is 6.53. The standard InChI is InChI=1S/C21H20N4O/c1-15-14-16-8-6-7-11-19(16)25(15)20-13-12-18(22-23-20)21(26)24(2)17-9-4-3-5-10-17/h3-13,15H,14H2,1-2H3. The van der Waals surface area contributed by atoms with Gasteiger partial charge in [0.1, 0.15) is 0 Å². The number of hydrogen-bond donors (Lipinski definition) is 0. The Hall–Kier alpha value is -3.21. The number of nitrogens with zero attached hydrogens (tertiary/aromatic N) is 4. The van der Waals surface area contributed by atoms with Gasteiger partial charge in [0, 0.05) is 24.5 Å². The fraction of sp³-hybridized carbons (Fsp3) is 0.190. The molecule has 26 heavy (non-hydrogen) atoms. The molecule has 0 fully saturated rings. The number of hydrogen-bond acceptors (Lipinski definition) is 4. The number of carbonyl (C=O) groups is 1. The van der Waals surface area contributed by atoms with Gasteiger partial charge < -0.3 is 9.80 Å². The van der Waals surface area contributed by atoms with Gasteiger partial charge in [-0.1, -0.05) is 36.4 Å². The predicted octanol–water partition coefficient (Wildman–Crippen LogP) is 3.84. The van der Waals surface area contributed by atoms with E-state index in [-0.39, 0.29) is 5.91 Å². The number of para-hydroxylation sites is 2. The summed E-state index contributed by atoms with van der Waals surface area (Å²) in [5.41, 5.74) is 3.63. The Kier molecular flexibility index (Phi) is 4.13. The van der Waals surface area contributed by atoms with Crippen LogP contribution in [0.3, 0.4) is 0 Å². The lowest BCUT2D eigenvalue weighted by molar-refractivity contribution is 0.0987. The Balaban J connectivity index is 1.59. The number of benzene rings is 2. The second kappa shape index (κ2) is 6.59. The van der Waals surface area contributed by atoms with Crippen LogP contribution in [0.1, 0.15) is 23.0 Å². The van der Waals surface area contributed by atoms with Crippen molar-refractivity contribution in [3.8, 4) is 0 Å². The van der Waals surface area contributed by atoms with E-state index in [0.717, 1.165) is 23.6 Å². The molecule has 3 aromatic rings. The quantitative estimate of drug-likeness (QED) is 0.724. The summed E-state index contributed by atoms with van der Waals surface area (Å²) in [5.74, 6) is 0.589. The van der Waals surface area contributed by atoms with E-state index >= 15 is 0 Å². The molecule has 0 radical (unpaired) electrons. The van der Waals surface area contributed by atoms with Crippen LogP contribution >= 0.6 is 0 Å². The fourth-order valence-corrected chi connectivity index (χ4v) is 3.42. The second-order valence-corrected chi connectivity index (χ2v) is 6.53. The molecule has 0 spiro atoms. The number of rotatable bonds is 3. The molecular formula is C21H20N4O. The Bertz CT molecular complexity index is 924. The van der Waals surface area contributed by atoms with Crippen LogP contribution in [0.15, 0.2) is 66.7 Å². The van der Waals surface area contributed by atoms with E-state index in [1.165, 1.54) is 5.56 Å². The first-order valence-corrected chi connectivity index (χ1v) is 8.69. The van der Waals surface area contributed by atoms with E-state index in [1.807, 2.05) is 42.5 Å². The van der Waals surface area contributed by atoms with Crippen molar-refractivity contribution in [2.75, 3.05) is 16.8 Å². The molecule has 1 unspecified atom stereocenters. The van der Waals surface area contributed by atoms with Crippen LogP contribution < -0.4 is 9.80 Å². The third-order valence-corrected chi connectivity index (χ3v) is 4.77. The minimum atomic E-state index is -0.176.